The van der Waals surface area contributed by atoms with Gasteiger partial charge in [0.2, 0.25) is 0 Å². The van der Waals surface area contributed by atoms with Crippen LogP contribution in [0.5, 0.6) is 0 Å². The quantitative estimate of drug-likeness (QED) is 0.791. The van der Waals surface area contributed by atoms with Crippen molar-refractivity contribution in [2.24, 2.45) is 5.92 Å². The first-order valence-electron chi connectivity index (χ1n) is 7.43. The van der Waals surface area contributed by atoms with Gasteiger partial charge in [0.15, 0.2) is 0 Å². The van der Waals surface area contributed by atoms with Crippen molar-refractivity contribution < 1.29 is 31.1 Å². The van der Waals surface area contributed by atoms with E-state index in [1.165, 1.54) is 0 Å². The Kier molecular flexibility index (Phi) is 4.58. The largest absolute Gasteiger partial charge is 0.511 e. The van der Waals surface area contributed by atoms with E-state index < -0.39 is 21.1 Å². The number of halogens is 3. The maximum atomic E-state index is 12.6. The first kappa shape index (κ1) is 17.6. The summed E-state index contributed by atoms with van der Waals surface area (Å²) >= 11 is 0. The predicted molar refractivity (Wildman–Crippen MR) is 77.2 cm³/mol. The zero-order valence-electron chi connectivity index (χ0n) is 12.7. The number of nitrogens with zero attached hydrogens (tertiary/aromatic N) is 2. The van der Waals surface area contributed by atoms with Gasteiger partial charge in [-0.05, 0) is 18.6 Å². The summed E-state index contributed by atoms with van der Waals surface area (Å²) < 4.78 is 72.0. The molecule has 1 spiro atoms. The molecule has 134 valence electrons. The van der Waals surface area contributed by atoms with Gasteiger partial charge in [0.25, 0.3) is 0 Å². The van der Waals surface area contributed by atoms with Crippen molar-refractivity contribution in [3.8, 4) is 0 Å². The highest BCUT2D eigenvalue weighted by molar-refractivity contribution is 7.90. The molecule has 0 N–H and O–H groups in total. The number of hydrogen-bond donors (Lipinski definition) is 0. The summed E-state index contributed by atoms with van der Waals surface area (Å²) in [6, 6.07) is 5.42. The number of alkyl halides is 3. The van der Waals surface area contributed by atoms with Crippen LogP contribution in [0, 0.1) is 5.92 Å². The Hall–Kier alpha value is -1.23. The predicted octanol–water partition coefficient (Wildman–Crippen LogP) is 1.54. The van der Waals surface area contributed by atoms with E-state index in [1.807, 2.05) is 12.1 Å². The van der Waals surface area contributed by atoms with E-state index in [0.717, 1.165) is 5.69 Å². The minimum Gasteiger partial charge on any atom is -0.375 e. The van der Waals surface area contributed by atoms with E-state index >= 15 is 0 Å². The van der Waals surface area contributed by atoms with Gasteiger partial charge in [-0.2, -0.15) is 17.5 Å². The summed E-state index contributed by atoms with van der Waals surface area (Å²) in [7, 11) is -5.29. The van der Waals surface area contributed by atoms with Crippen LogP contribution in [0.4, 0.5) is 13.2 Å². The summed E-state index contributed by atoms with van der Waals surface area (Å²) in [5.41, 5.74) is -5.40. The van der Waals surface area contributed by atoms with Gasteiger partial charge in [-0.25, -0.2) is 8.42 Å². The Morgan fingerprint density at radius 1 is 1.38 bits per heavy atom. The Labute approximate surface area is 137 Å². The van der Waals surface area contributed by atoms with Gasteiger partial charge in [-0.15, -0.1) is 0 Å². The highest BCUT2D eigenvalue weighted by atomic mass is 32.2. The molecule has 3 rings (SSSR count). The molecule has 2 fully saturated rings. The maximum absolute atomic E-state index is 12.6. The molecule has 2 aliphatic rings. The standard InChI is InChI=1S/C14H17F3N2O4S/c15-14(16,17)24(20,21)19-9-13(10-19)11(4-6-23-13)7-22-8-12-3-1-2-5-18-12/h1-3,5,11H,4,6-10H2. The minimum atomic E-state index is -5.29. The second-order valence-electron chi connectivity index (χ2n) is 5.95. The first-order chi connectivity index (χ1) is 11.2. The van der Waals surface area contributed by atoms with E-state index in [-0.39, 0.29) is 32.2 Å². The van der Waals surface area contributed by atoms with Gasteiger partial charge in [-0.3, -0.25) is 4.98 Å². The van der Waals surface area contributed by atoms with E-state index in [1.54, 1.807) is 12.3 Å². The van der Waals surface area contributed by atoms with E-state index in [4.69, 9.17) is 9.47 Å². The second kappa shape index (κ2) is 6.25. The normalized spacial score (nSPS) is 24.2. The molecule has 3 heterocycles. The molecule has 0 radical (unpaired) electrons. The van der Waals surface area contributed by atoms with Gasteiger partial charge >= 0.3 is 15.5 Å². The average Bonchev–Trinajstić information content (AvgIpc) is 2.89. The lowest BCUT2D eigenvalue weighted by Crippen LogP contribution is -2.68. The van der Waals surface area contributed by atoms with E-state index in [9.17, 15) is 21.6 Å². The highest BCUT2D eigenvalue weighted by Gasteiger charge is 2.62. The third-order valence-electron chi connectivity index (χ3n) is 4.42. The third-order valence-corrected chi connectivity index (χ3v) is 5.94. The monoisotopic (exact) mass is 366 g/mol. The van der Waals surface area contributed by atoms with Crippen LogP contribution >= 0.6 is 0 Å². The van der Waals surface area contributed by atoms with Crippen molar-refractivity contribution in [1.82, 2.24) is 9.29 Å². The van der Waals surface area contributed by atoms with Crippen LogP contribution in [0.25, 0.3) is 0 Å². The topological polar surface area (TPSA) is 68.7 Å². The van der Waals surface area contributed by atoms with Crippen molar-refractivity contribution in [1.29, 1.82) is 0 Å². The number of rotatable bonds is 5. The lowest BCUT2D eigenvalue weighted by atomic mass is 9.83. The summed E-state index contributed by atoms with van der Waals surface area (Å²) in [6.07, 6.45) is 2.27. The average molecular weight is 366 g/mol. The summed E-state index contributed by atoms with van der Waals surface area (Å²) in [4.78, 5) is 4.12. The van der Waals surface area contributed by atoms with Gasteiger partial charge in [0.1, 0.15) is 5.60 Å². The smallest absolute Gasteiger partial charge is 0.375 e. The number of ether oxygens (including phenoxy) is 2. The van der Waals surface area contributed by atoms with Crippen LogP contribution in [0.15, 0.2) is 24.4 Å². The minimum absolute atomic E-state index is 0.138. The molecule has 0 aliphatic carbocycles. The van der Waals surface area contributed by atoms with Gasteiger partial charge < -0.3 is 9.47 Å². The molecule has 0 aromatic carbocycles. The number of aromatic nitrogens is 1. The van der Waals surface area contributed by atoms with Crippen molar-refractivity contribution in [2.45, 2.75) is 24.1 Å². The fourth-order valence-electron chi connectivity index (χ4n) is 3.03. The van der Waals surface area contributed by atoms with E-state index in [0.29, 0.717) is 17.3 Å². The van der Waals surface area contributed by atoms with Crippen LogP contribution < -0.4 is 0 Å². The first-order valence-corrected chi connectivity index (χ1v) is 8.87. The molecule has 2 aliphatic heterocycles. The molecular weight excluding hydrogens is 349 g/mol. The highest BCUT2D eigenvalue weighted by Crippen LogP contribution is 2.43. The SMILES string of the molecule is O=S(=O)(N1CC2(C1)OCCC2COCc1ccccn1)C(F)(F)F. The molecule has 0 bridgehead atoms. The molecule has 1 unspecified atom stereocenters. The van der Waals surface area contributed by atoms with Gasteiger partial charge in [-0.1, -0.05) is 6.07 Å². The van der Waals surface area contributed by atoms with Crippen LogP contribution in [-0.4, -0.2) is 55.1 Å². The lowest BCUT2D eigenvalue weighted by molar-refractivity contribution is -0.123. The molecule has 10 heteroatoms. The van der Waals surface area contributed by atoms with Crippen molar-refractivity contribution in [3.63, 3.8) is 0 Å². The summed E-state index contributed by atoms with van der Waals surface area (Å²) in [5, 5.41) is 0. The Bertz CT molecular complexity index is 675. The molecular formula is C14H17F3N2O4S. The zero-order chi connectivity index (χ0) is 17.4. The van der Waals surface area contributed by atoms with E-state index in [2.05, 4.69) is 4.98 Å². The summed E-state index contributed by atoms with van der Waals surface area (Å²) in [5.74, 6) is -0.138. The number of sulfonamides is 1. The Morgan fingerprint density at radius 3 is 2.75 bits per heavy atom. The third kappa shape index (κ3) is 3.15. The van der Waals surface area contributed by atoms with Crippen LogP contribution in [0.2, 0.25) is 0 Å². The maximum Gasteiger partial charge on any atom is 0.511 e. The lowest BCUT2D eigenvalue weighted by Gasteiger charge is -2.48. The second-order valence-corrected chi connectivity index (χ2v) is 7.88. The molecule has 1 aromatic rings. The number of hydrogen-bond acceptors (Lipinski definition) is 5. The fraction of sp³-hybridized carbons (Fsp3) is 0.643. The molecule has 2 saturated heterocycles. The Morgan fingerprint density at radius 2 is 2.12 bits per heavy atom. The molecule has 0 saturated carbocycles. The zero-order valence-corrected chi connectivity index (χ0v) is 13.5. The van der Waals surface area contributed by atoms with Crippen LogP contribution in [0.1, 0.15) is 12.1 Å². The van der Waals surface area contributed by atoms with Gasteiger partial charge in [0.05, 0.1) is 18.9 Å². The summed E-state index contributed by atoms with van der Waals surface area (Å²) in [6.45, 7) is 0.394. The molecule has 1 aromatic heterocycles. The molecule has 24 heavy (non-hydrogen) atoms. The number of pyridine rings is 1. The molecule has 0 amide bonds. The van der Waals surface area contributed by atoms with Crippen LogP contribution in [0.3, 0.4) is 0 Å². The van der Waals surface area contributed by atoms with Crippen molar-refractivity contribution in [2.75, 3.05) is 26.3 Å². The van der Waals surface area contributed by atoms with Gasteiger partial charge in [0, 0.05) is 31.8 Å². The fourth-order valence-corrected chi connectivity index (χ4v) is 4.10. The van der Waals surface area contributed by atoms with Crippen LogP contribution in [-0.2, 0) is 26.1 Å². The molecule has 1 atom stereocenters. The van der Waals surface area contributed by atoms with Crippen molar-refractivity contribution >= 4 is 10.0 Å². The van der Waals surface area contributed by atoms with Crippen molar-refractivity contribution in [3.05, 3.63) is 30.1 Å². The molecule has 6 nitrogen and oxygen atoms in total. The Balaban J connectivity index is 1.55.